The molecule has 2 aromatic rings. The number of hydrogen-bond acceptors (Lipinski definition) is 2. The molecule has 0 fully saturated rings. The highest BCUT2D eigenvalue weighted by Crippen LogP contribution is 2.28. The standard InChI is InChI=1S/C12H14N2O/c1-8(2)9-4-3-5-10(6-9)12-11(15)7-13-14-12/h3-8,15H,1-2H3,(H,13,14). The van der Waals surface area contributed by atoms with Gasteiger partial charge in [0.25, 0.3) is 0 Å². The molecule has 2 N–H and O–H groups in total. The number of H-pyrrole nitrogens is 1. The third-order valence-electron chi connectivity index (χ3n) is 2.46. The highest BCUT2D eigenvalue weighted by Gasteiger charge is 2.07. The van der Waals surface area contributed by atoms with Crippen molar-refractivity contribution in [3.05, 3.63) is 36.0 Å². The monoisotopic (exact) mass is 202 g/mol. The molecule has 0 atom stereocenters. The summed E-state index contributed by atoms with van der Waals surface area (Å²) in [6.07, 6.45) is 1.41. The van der Waals surface area contributed by atoms with E-state index in [9.17, 15) is 5.11 Å². The molecule has 1 heterocycles. The predicted octanol–water partition coefficient (Wildman–Crippen LogP) is 2.91. The lowest BCUT2D eigenvalue weighted by atomic mass is 10.00. The largest absolute Gasteiger partial charge is 0.504 e. The fourth-order valence-electron chi connectivity index (χ4n) is 1.55. The van der Waals surface area contributed by atoms with Crippen molar-refractivity contribution in [2.75, 3.05) is 0 Å². The smallest absolute Gasteiger partial charge is 0.161 e. The van der Waals surface area contributed by atoms with E-state index in [2.05, 4.69) is 36.2 Å². The van der Waals surface area contributed by atoms with E-state index >= 15 is 0 Å². The molecule has 1 aromatic heterocycles. The minimum Gasteiger partial charge on any atom is -0.504 e. The first kappa shape index (κ1) is 9.77. The third kappa shape index (κ3) is 1.86. The Morgan fingerprint density at radius 1 is 1.33 bits per heavy atom. The molecule has 0 amide bonds. The summed E-state index contributed by atoms with van der Waals surface area (Å²) >= 11 is 0. The lowest BCUT2D eigenvalue weighted by molar-refractivity contribution is 0.477. The summed E-state index contributed by atoms with van der Waals surface area (Å²) < 4.78 is 0. The zero-order valence-corrected chi connectivity index (χ0v) is 8.86. The van der Waals surface area contributed by atoms with Gasteiger partial charge in [0, 0.05) is 5.56 Å². The van der Waals surface area contributed by atoms with Crippen LogP contribution in [0.3, 0.4) is 0 Å². The lowest BCUT2D eigenvalue weighted by Gasteiger charge is -2.06. The molecule has 0 unspecified atom stereocenters. The summed E-state index contributed by atoms with van der Waals surface area (Å²) in [7, 11) is 0. The molecule has 15 heavy (non-hydrogen) atoms. The number of aromatic nitrogens is 2. The van der Waals surface area contributed by atoms with E-state index in [1.54, 1.807) is 0 Å². The van der Waals surface area contributed by atoms with E-state index in [1.807, 2.05) is 12.1 Å². The van der Waals surface area contributed by atoms with E-state index in [-0.39, 0.29) is 5.75 Å². The minimum atomic E-state index is 0.191. The molecule has 3 heteroatoms. The molecular weight excluding hydrogens is 188 g/mol. The van der Waals surface area contributed by atoms with Gasteiger partial charge < -0.3 is 5.11 Å². The number of nitrogens with one attached hydrogen (secondary N) is 1. The van der Waals surface area contributed by atoms with Gasteiger partial charge in [0.1, 0.15) is 5.69 Å². The van der Waals surface area contributed by atoms with E-state index < -0.39 is 0 Å². The zero-order chi connectivity index (χ0) is 10.8. The van der Waals surface area contributed by atoms with Gasteiger partial charge in [-0.1, -0.05) is 32.0 Å². The number of benzene rings is 1. The van der Waals surface area contributed by atoms with Crippen molar-refractivity contribution < 1.29 is 5.11 Å². The Labute approximate surface area is 88.8 Å². The summed E-state index contributed by atoms with van der Waals surface area (Å²) in [6, 6.07) is 8.10. The number of nitrogens with zero attached hydrogens (tertiary/aromatic N) is 1. The van der Waals surface area contributed by atoms with Crippen molar-refractivity contribution in [3.63, 3.8) is 0 Å². The van der Waals surface area contributed by atoms with Crippen molar-refractivity contribution in [1.82, 2.24) is 10.2 Å². The quantitative estimate of drug-likeness (QED) is 0.786. The van der Waals surface area contributed by atoms with Crippen molar-refractivity contribution in [3.8, 4) is 17.0 Å². The second kappa shape index (κ2) is 3.77. The van der Waals surface area contributed by atoms with E-state index in [0.29, 0.717) is 11.6 Å². The second-order valence-corrected chi connectivity index (χ2v) is 3.91. The molecule has 0 radical (unpaired) electrons. The molecular formula is C12H14N2O. The third-order valence-corrected chi connectivity index (χ3v) is 2.46. The van der Waals surface area contributed by atoms with Crippen LogP contribution in [0.15, 0.2) is 30.5 Å². The van der Waals surface area contributed by atoms with Crippen LogP contribution in [-0.2, 0) is 0 Å². The van der Waals surface area contributed by atoms with Gasteiger partial charge in [0.2, 0.25) is 0 Å². The van der Waals surface area contributed by atoms with Crippen LogP contribution < -0.4 is 0 Å². The summed E-state index contributed by atoms with van der Waals surface area (Å²) in [4.78, 5) is 0. The Morgan fingerprint density at radius 3 is 2.73 bits per heavy atom. The number of aromatic amines is 1. The summed E-state index contributed by atoms with van der Waals surface area (Å²) in [6.45, 7) is 4.29. The molecule has 0 aliphatic rings. The van der Waals surface area contributed by atoms with Crippen molar-refractivity contribution in [1.29, 1.82) is 0 Å². The fourth-order valence-corrected chi connectivity index (χ4v) is 1.55. The topological polar surface area (TPSA) is 48.9 Å². The Morgan fingerprint density at radius 2 is 2.13 bits per heavy atom. The Hall–Kier alpha value is -1.77. The number of aromatic hydroxyl groups is 1. The number of rotatable bonds is 2. The molecule has 0 bridgehead atoms. The second-order valence-electron chi connectivity index (χ2n) is 3.91. The van der Waals surface area contributed by atoms with Crippen molar-refractivity contribution in [2.24, 2.45) is 0 Å². The molecule has 0 aliphatic carbocycles. The predicted molar refractivity (Wildman–Crippen MR) is 59.8 cm³/mol. The van der Waals surface area contributed by atoms with Crippen LogP contribution >= 0.6 is 0 Å². The van der Waals surface area contributed by atoms with E-state index in [4.69, 9.17) is 0 Å². The molecule has 0 saturated heterocycles. The van der Waals surface area contributed by atoms with Gasteiger partial charge in [-0.3, -0.25) is 5.10 Å². The molecule has 0 saturated carbocycles. The fraction of sp³-hybridized carbons (Fsp3) is 0.250. The van der Waals surface area contributed by atoms with Crippen LogP contribution in [0.2, 0.25) is 0 Å². The highest BCUT2D eigenvalue weighted by atomic mass is 16.3. The maximum Gasteiger partial charge on any atom is 0.161 e. The molecule has 78 valence electrons. The Kier molecular flexibility index (Phi) is 2.46. The summed E-state index contributed by atoms with van der Waals surface area (Å²) in [5.41, 5.74) is 2.90. The Balaban J connectivity index is 2.46. The van der Waals surface area contributed by atoms with Gasteiger partial charge in [0.05, 0.1) is 6.20 Å². The molecule has 0 aliphatic heterocycles. The van der Waals surface area contributed by atoms with Gasteiger partial charge >= 0.3 is 0 Å². The van der Waals surface area contributed by atoms with Crippen LogP contribution in [0, 0.1) is 0 Å². The van der Waals surface area contributed by atoms with Crippen molar-refractivity contribution >= 4 is 0 Å². The van der Waals surface area contributed by atoms with Gasteiger partial charge in [-0.25, -0.2) is 0 Å². The summed E-state index contributed by atoms with van der Waals surface area (Å²) in [5.74, 6) is 0.672. The highest BCUT2D eigenvalue weighted by molar-refractivity contribution is 5.65. The van der Waals surface area contributed by atoms with E-state index in [1.165, 1.54) is 11.8 Å². The average Bonchev–Trinajstić information content (AvgIpc) is 2.64. The first-order chi connectivity index (χ1) is 7.18. The SMILES string of the molecule is CC(C)c1cccc(-c2[nH]ncc2O)c1. The average molecular weight is 202 g/mol. The normalized spacial score (nSPS) is 10.9. The molecule has 3 nitrogen and oxygen atoms in total. The van der Waals surface area contributed by atoms with Crippen LogP contribution in [0.1, 0.15) is 25.3 Å². The lowest BCUT2D eigenvalue weighted by Crippen LogP contribution is -1.88. The maximum absolute atomic E-state index is 9.54. The van der Waals surface area contributed by atoms with Gasteiger partial charge in [-0.15, -0.1) is 0 Å². The minimum absolute atomic E-state index is 0.191. The van der Waals surface area contributed by atoms with Crippen LogP contribution in [0.5, 0.6) is 5.75 Å². The van der Waals surface area contributed by atoms with Crippen LogP contribution in [-0.4, -0.2) is 15.3 Å². The number of hydrogen-bond donors (Lipinski definition) is 2. The van der Waals surface area contributed by atoms with Gasteiger partial charge in [-0.05, 0) is 17.5 Å². The van der Waals surface area contributed by atoms with Crippen LogP contribution in [0.25, 0.3) is 11.3 Å². The van der Waals surface area contributed by atoms with E-state index in [0.717, 1.165) is 5.56 Å². The molecule has 2 rings (SSSR count). The summed E-state index contributed by atoms with van der Waals surface area (Å²) in [5, 5.41) is 16.1. The first-order valence-corrected chi connectivity index (χ1v) is 5.01. The van der Waals surface area contributed by atoms with Crippen molar-refractivity contribution in [2.45, 2.75) is 19.8 Å². The van der Waals surface area contributed by atoms with Gasteiger partial charge in [0.15, 0.2) is 5.75 Å². The maximum atomic E-state index is 9.54. The zero-order valence-electron chi connectivity index (χ0n) is 8.86. The molecule has 1 aromatic carbocycles. The first-order valence-electron chi connectivity index (χ1n) is 5.01. The Bertz CT molecular complexity index is 460. The van der Waals surface area contributed by atoms with Gasteiger partial charge in [-0.2, -0.15) is 5.10 Å². The van der Waals surface area contributed by atoms with Crippen LogP contribution in [0.4, 0.5) is 0 Å². The molecule has 0 spiro atoms.